The number of halogens is 1. The molecule has 0 heterocycles. The maximum absolute atomic E-state index is 13.0. The third-order valence-corrected chi connectivity index (χ3v) is 8.92. The van der Waals surface area contributed by atoms with Crippen molar-refractivity contribution in [3.05, 3.63) is 184 Å². The molecule has 1 atom stereocenters. The molecule has 0 amide bonds. The van der Waals surface area contributed by atoms with Gasteiger partial charge in [0.2, 0.25) is 0 Å². The summed E-state index contributed by atoms with van der Waals surface area (Å²) in [6, 6.07) is 48.4. The predicted molar refractivity (Wildman–Crippen MR) is 184 cm³/mol. The largest absolute Gasteiger partial charge is 0.376 e. The number of rotatable bonds is 6. The first-order valence-corrected chi connectivity index (χ1v) is 15.5. The second-order valence-corrected chi connectivity index (χ2v) is 12.0. The van der Waals surface area contributed by atoms with Crippen molar-refractivity contribution in [2.45, 2.75) is 18.4 Å². The molecular formula is C41H31BrO. The lowest BCUT2D eigenvalue weighted by Gasteiger charge is -2.33. The fourth-order valence-electron chi connectivity index (χ4n) is 6.23. The van der Waals surface area contributed by atoms with Gasteiger partial charge in [0.1, 0.15) is 5.60 Å². The van der Waals surface area contributed by atoms with E-state index in [0.717, 1.165) is 61.8 Å². The van der Waals surface area contributed by atoms with Crippen LogP contribution in [0.4, 0.5) is 0 Å². The Morgan fingerprint density at radius 1 is 0.535 bits per heavy atom. The van der Waals surface area contributed by atoms with Crippen molar-refractivity contribution >= 4 is 32.3 Å². The Bertz CT molecular complexity index is 2020. The summed E-state index contributed by atoms with van der Waals surface area (Å²) in [6.07, 6.45) is 8.71. The monoisotopic (exact) mass is 618 g/mol. The molecule has 1 aliphatic rings. The van der Waals surface area contributed by atoms with Crippen molar-refractivity contribution in [3.63, 3.8) is 0 Å². The normalized spacial score (nSPS) is 14.3. The minimum Gasteiger partial charge on any atom is -0.376 e. The zero-order chi connectivity index (χ0) is 29.2. The highest BCUT2D eigenvalue weighted by Crippen LogP contribution is 2.43. The van der Waals surface area contributed by atoms with Gasteiger partial charge in [-0.25, -0.2) is 0 Å². The van der Waals surface area contributed by atoms with Gasteiger partial charge in [0.25, 0.3) is 0 Å². The summed E-state index contributed by atoms with van der Waals surface area (Å²) in [6.45, 7) is 0. The molecule has 2 heteroatoms. The predicted octanol–water partition coefficient (Wildman–Crippen LogP) is 11.0. The van der Waals surface area contributed by atoms with E-state index in [9.17, 15) is 5.11 Å². The standard InChI is InChI=1S/C41H31BrO/c42-38-20-10-19-37(28-38)41(43,40-22-7-6-21-39(40)30-12-2-1-3-13-30)36-18-9-17-34(27-36)32-15-8-16-33(26-32)35-24-23-29-11-4-5-14-31(29)25-35/h2,4-28,43H,1,3H2. The third-order valence-electron chi connectivity index (χ3n) is 8.42. The van der Waals surface area contributed by atoms with Crippen LogP contribution in [0.25, 0.3) is 38.6 Å². The molecule has 0 spiro atoms. The molecule has 0 aliphatic heterocycles. The molecule has 0 saturated heterocycles. The molecule has 0 fully saturated rings. The van der Waals surface area contributed by atoms with Crippen LogP contribution in [0.2, 0.25) is 0 Å². The Labute approximate surface area is 261 Å². The van der Waals surface area contributed by atoms with Gasteiger partial charge in [-0.1, -0.05) is 143 Å². The Kier molecular flexibility index (Phi) is 7.40. The summed E-state index contributed by atoms with van der Waals surface area (Å²) in [5, 5.41) is 15.5. The second kappa shape index (κ2) is 11.6. The Hall–Kier alpha value is -4.50. The van der Waals surface area contributed by atoms with Crippen molar-refractivity contribution in [3.8, 4) is 22.3 Å². The Balaban J connectivity index is 1.37. The molecular weight excluding hydrogens is 588 g/mol. The van der Waals surface area contributed by atoms with Gasteiger partial charge in [-0.3, -0.25) is 0 Å². The van der Waals surface area contributed by atoms with Crippen molar-refractivity contribution in [1.82, 2.24) is 0 Å². The lowest BCUT2D eigenvalue weighted by molar-refractivity contribution is 0.125. The average molecular weight is 620 g/mol. The lowest BCUT2D eigenvalue weighted by Crippen LogP contribution is -2.30. The van der Waals surface area contributed by atoms with E-state index < -0.39 is 5.60 Å². The van der Waals surface area contributed by atoms with E-state index in [2.05, 4.69) is 137 Å². The molecule has 0 radical (unpaired) electrons. The molecule has 1 nitrogen and oxygen atoms in total. The average Bonchev–Trinajstić information content (AvgIpc) is 3.08. The maximum Gasteiger partial charge on any atom is 0.141 e. The highest BCUT2D eigenvalue weighted by atomic mass is 79.9. The van der Waals surface area contributed by atoms with Gasteiger partial charge in [0.05, 0.1) is 0 Å². The van der Waals surface area contributed by atoms with Crippen LogP contribution in [0.5, 0.6) is 0 Å². The summed E-state index contributed by atoms with van der Waals surface area (Å²) in [7, 11) is 0. The molecule has 1 unspecified atom stereocenters. The number of aliphatic hydroxyl groups is 1. The molecule has 43 heavy (non-hydrogen) atoms. The molecule has 6 aromatic carbocycles. The fraction of sp³-hybridized carbons (Fsp3) is 0.0732. The van der Waals surface area contributed by atoms with Crippen molar-refractivity contribution in [1.29, 1.82) is 0 Å². The minimum atomic E-state index is -1.38. The summed E-state index contributed by atoms with van der Waals surface area (Å²) in [5.41, 5.74) is 7.84. The zero-order valence-corrected chi connectivity index (χ0v) is 25.3. The molecule has 0 saturated carbocycles. The summed E-state index contributed by atoms with van der Waals surface area (Å²) < 4.78 is 0.928. The van der Waals surface area contributed by atoms with Crippen LogP contribution in [-0.2, 0) is 5.60 Å². The van der Waals surface area contributed by atoms with E-state index in [1.807, 2.05) is 36.4 Å². The smallest absolute Gasteiger partial charge is 0.141 e. The first-order valence-electron chi connectivity index (χ1n) is 14.7. The molecule has 0 bridgehead atoms. The maximum atomic E-state index is 13.0. The van der Waals surface area contributed by atoms with Gasteiger partial charge in [-0.05, 0) is 98.5 Å². The lowest BCUT2D eigenvalue weighted by atomic mass is 9.76. The van der Waals surface area contributed by atoms with Gasteiger partial charge in [0.15, 0.2) is 0 Å². The number of benzene rings is 6. The van der Waals surface area contributed by atoms with Gasteiger partial charge in [-0.2, -0.15) is 0 Å². The molecule has 6 aromatic rings. The fourth-order valence-corrected chi connectivity index (χ4v) is 6.62. The second-order valence-electron chi connectivity index (χ2n) is 11.1. The van der Waals surface area contributed by atoms with E-state index >= 15 is 0 Å². The summed E-state index contributed by atoms with van der Waals surface area (Å²) in [5.74, 6) is 0. The van der Waals surface area contributed by atoms with Gasteiger partial charge < -0.3 is 5.11 Å². The molecule has 7 rings (SSSR count). The van der Waals surface area contributed by atoms with E-state index in [0.29, 0.717) is 0 Å². The quantitative estimate of drug-likeness (QED) is 0.184. The Morgan fingerprint density at radius 2 is 1.19 bits per heavy atom. The molecule has 0 aromatic heterocycles. The van der Waals surface area contributed by atoms with E-state index in [4.69, 9.17) is 0 Å². The minimum absolute atomic E-state index is 0.816. The van der Waals surface area contributed by atoms with E-state index in [1.54, 1.807) is 0 Å². The topological polar surface area (TPSA) is 20.2 Å². The van der Waals surface area contributed by atoms with Crippen LogP contribution in [0.15, 0.2) is 162 Å². The number of allylic oxidation sites excluding steroid dienone is 4. The zero-order valence-electron chi connectivity index (χ0n) is 23.8. The van der Waals surface area contributed by atoms with Crippen LogP contribution < -0.4 is 0 Å². The highest BCUT2D eigenvalue weighted by Gasteiger charge is 2.36. The van der Waals surface area contributed by atoms with Crippen LogP contribution in [0, 0.1) is 0 Å². The number of hydrogen-bond donors (Lipinski definition) is 1. The van der Waals surface area contributed by atoms with Crippen LogP contribution in [-0.4, -0.2) is 5.11 Å². The van der Waals surface area contributed by atoms with Gasteiger partial charge >= 0.3 is 0 Å². The van der Waals surface area contributed by atoms with Gasteiger partial charge in [0, 0.05) is 10.0 Å². The first-order chi connectivity index (χ1) is 21.1. The van der Waals surface area contributed by atoms with E-state index in [1.165, 1.54) is 16.3 Å². The molecule has 1 aliphatic carbocycles. The van der Waals surface area contributed by atoms with Crippen molar-refractivity contribution in [2.24, 2.45) is 0 Å². The summed E-state index contributed by atoms with van der Waals surface area (Å²) in [4.78, 5) is 0. The SMILES string of the molecule is OC(c1cccc(Br)c1)(c1cccc(-c2cccc(-c3ccc4ccccc4c3)c2)c1)c1ccccc1C1=CCCC=C1. The van der Waals surface area contributed by atoms with E-state index in [-0.39, 0.29) is 0 Å². The number of fused-ring (bicyclic) bond motifs is 1. The van der Waals surface area contributed by atoms with Gasteiger partial charge in [-0.15, -0.1) is 0 Å². The Morgan fingerprint density at radius 3 is 1.95 bits per heavy atom. The highest BCUT2D eigenvalue weighted by molar-refractivity contribution is 9.10. The first kappa shape index (κ1) is 27.3. The van der Waals surface area contributed by atoms with Crippen LogP contribution in [0.1, 0.15) is 35.1 Å². The molecule has 1 N–H and O–H groups in total. The third kappa shape index (κ3) is 5.29. The summed E-state index contributed by atoms with van der Waals surface area (Å²) >= 11 is 3.66. The molecule has 208 valence electrons. The van der Waals surface area contributed by atoms with Crippen molar-refractivity contribution in [2.75, 3.05) is 0 Å². The van der Waals surface area contributed by atoms with Crippen LogP contribution in [0.3, 0.4) is 0 Å². The number of hydrogen-bond acceptors (Lipinski definition) is 1. The van der Waals surface area contributed by atoms with Crippen LogP contribution >= 0.6 is 15.9 Å². The van der Waals surface area contributed by atoms with Crippen molar-refractivity contribution < 1.29 is 5.11 Å².